The van der Waals surface area contributed by atoms with Gasteiger partial charge in [-0.2, -0.15) is 11.8 Å². The highest BCUT2D eigenvalue weighted by Gasteiger charge is 2.35. The summed E-state index contributed by atoms with van der Waals surface area (Å²) in [5, 5.41) is 12.0. The Kier molecular flexibility index (Phi) is 6.50. The zero-order valence-electron chi connectivity index (χ0n) is 16.4. The first-order valence-corrected chi connectivity index (χ1v) is 10.8. The van der Waals surface area contributed by atoms with Crippen molar-refractivity contribution in [1.29, 1.82) is 0 Å². The molecule has 0 saturated carbocycles. The van der Waals surface area contributed by atoms with E-state index in [0.717, 1.165) is 53.1 Å². The van der Waals surface area contributed by atoms with Crippen molar-refractivity contribution in [2.75, 3.05) is 31.7 Å². The van der Waals surface area contributed by atoms with Crippen LogP contribution in [0.4, 0.5) is 0 Å². The monoisotopic (exact) mass is 401 g/mol. The Hall–Kier alpha value is -2.21. The molecule has 3 rings (SSSR count). The molecule has 28 heavy (non-hydrogen) atoms. The van der Waals surface area contributed by atoms with E-state index >= 15 is 0 Å². The predicted octanol–water partition coefficient (Wildman–Crippen LogP) is 3.94. The fraction of sp³-hybridized carbons (Fsp3) is 0.455. The third-order valence-electron chi connectivity index (χ3n) is 5.58. The van der Waals surface area contributed by atoms with Crippen LogP contribution in [0, 0.1) is 0 Å². The number of hydrogen-bond donors (Lipinski definition) is 1. The number of carbonyl (C=O) groups is 2. The summed E-state index contributed by atoms with van der Waals surface area (Å²) in [7, 11) is 1.63. The fourth-order valence-corrected chi connectivity index (χ4v) is 4.67. The Bertz CT molecular complexity index is 869. The van der Waals surface area contributed by atoms with Gasteiger partial charge in [0.05, 0.1) is 12.5 Å². The van der Waals surface area contributed by atoms with Crippen molar-refractivity contribution in [3.05, 3.63) is 42.0 Å². The van der Waals surface area contributed by atoms with Crippen LogP contribution in [0.1, 0.15) is 31.7 Å². The van der Waals surface area contributed by atoms with Gasteiger partial charge in [0.25, 0.3) is 0 Å². The zero-order chi connectivity index (χ0) is 20.1. The van der Waals surface area contributed by atoms with Crippen molar-refractivity contribution in [2.24, 2.45) is 0 Å². The molecule has 1 aliphatic rings. The van der Waals surface area contributed by atoms with Gasteiger partial charge >= 0.3 is 5.97 Å². The molecule has 1 unspecified atom stereocenters. The lowest BCUT2D eigenvalue weighted by Crippen LogP contribution is -2.33. The standard InChI is InChI=1S/C22H27NO4S/c1-22(21(25)26,9-12-28-13-11-23-10-3-4-20(23)24)18-7-5-17-15-19(27-2)8-6-16(17)14-18/h5-8,14-15H,3-4,9-13H2,1-2H3,(H,25,26). The predicted molar refractivity (Wildman–Crippen MR) is 113 cm³/mol. The molecule has 1 atom stereocenters. The summed E-state index contributed by atoms with van der Waals surface area (Å²) in [4.78, 5) is 25.6. The maximum Gasteiger partial charge on any atom is 0.313 e. The molecular formula is C22H27NO4S. The number of likely N-dealkylation sites (tertiary alicyclic amines) is 1. The molecule has 0 aromatic heterocycles. The van der Waals surface area contributed by atoms with E-state index in [1.807, 2.05) is 41.3 Å². The number of ether oxygens (including phenoxy) is 1. The second kappa shape index (κ2) is 8.86. The number of nitrogens with zero attached hydrogens (tertiary/aromatic N) is 1. The van der Waals surface area contributed by atoms with Crippen LogP contribution in [-0.2, 0) is 15.0 Å². The van der Waals surface area contributed by atoms with Crippen LogP contribution in [0.15, 0.2) is 36.4 Å². The minimum atomic E-state index is -0.940. The number of benzene rings is 2. The SMILES string of the molecule is COc1ccc2cc(C(C)(CCSCCN3CCCC3=O)C(=O)O)ccc2c1. The van der Waals surface area contributed by atoms with Crippen LogP contribution in [0.25, 0.3) is 10.8 Å². The van der Waals surface area contributed by atoms with Gasteiger partial charge in [-0.05, 0) is 54.0 Å². The molecule has 0 bridgehead atoms. The van der Waals surface area contributed by atoms with Crippen molar-refractivity contribution in [3.63, 3.8) is 0 Å². The van der Waals surface area contributed by atoms with Crippen LogP contribution in [0.2, 0.25) is 0 Å². The Morgan fingerprint density at radius 3 is 2.64 bits per heavy atom. The van der Waals surface area contributed by atoms with Crippen molar-refractivity contribution in [2.45, 2.75) is 31.6 Å². The number of amides is 1. The number of fused-ring (bicyclic) bond motifs is 1. The number of carbonyl (C=O) groups excluding carboxylic acids is 1. The molecule has 1 N–H and O–H groups in total. The molecule has 1 saturated heterocycles. The first kappa shape index (κ1) is 20.5. The van der Waals surface area contributed by atoms with Crippen molar-refractivity contribution in [1.82, 2.24) is 4.90 Å². The summed E-state index contributed by atoms with van der Waals surface area (Å²) in [5.41, 5.74) is -0.127. The van der Waals surface area contributed by atoms with E-state index in [1.165, 1.54) is 0 Å². The van der Waals surface area contributed by atoms with E-state index in [0.29, 0.717) is 12.8 Å². The van der Waals surface area contributed by atoms with Crippen molar-refractivity contribution >= 4 is 34.4 Å². The van der Waals surface area contributed by atoms with Crippen molar-refractivity contribution < 1.29 is 19.4 Å². The van der Waals surface area contributed by atoms with Crippen LogP contribution in [0.3, 0.4) is 0 Å². The topological polar surface area (TPSA) is 66.8 Å². The van der Waals surface area contributed by atoms with Gasteiger partial charge in [-0.15, -0.1) is 0 Å². The summed E-state index contributed by atoms with van der Waals surface area (Å²) in [6.07, 6.45) is 2.16. The third kappa shape index (κ3) is 4.43. The van der Waals surface area contributed by atoms with E-state index in [1.54, 1.807) is 25.8 Å². The van der Waals surface area contributed by atoms with Gasteiger partial charge in [0.1, 0.15) is 5.75 Å². The van der Waals surface area contributed by atoms with Gasteiger partial charge in [0.15, 0.2) is 0 Å². The molecule has 5 nitrogen and oxygen atoms in total. The Balaban J connectivity index is 1.64. The molecule has 6 heteroatoms. The summed E-state index contributed by atoms with van der Waals surface area (Å²) in [6.45, 7) is 3.41. The Labute approximate surface area is 170 Å². The molecule has 1 fully saturated rings. The second-order valence-electron chi connectivity index (χ2n) is 7.41. The van der Waals surface area contributed by atoms with E-state index in [4.69, 9.17) is 4.74 Å². The number of thioether (sulfide) groups is 1. The highest BCUT2D eigenvalue weighted by atomic mass is 32.2. The summed E-state index contributed by atoms with van der Waals surface area (Å²) in [5.74, 6) is 1.80. The first-order valence-electron chi connectivity index (χ1n) is 9.61. The Morgan fingerprint density at radius 2 is 1.96 bits per heavy atom. The zero-order valence-corrected chi connectivity index (χ0v) is 17.3. The summed E-state index contributed by atoms with van der Waals surface area (Å²) >= 11 is 1.72. The molecule has 2 aromatic carbocycles. The van der Waals surface area contributed by atoms with Gasteiger partial charge in [0.2, 0.25) is 5.91 Å². The summed E-state index contributed by atoms with van der Waals surface area (Å²) < 4.78 is 5.26. The average molecular weight is 402 g/mol. The number of methoxy groups -OCH3 is 1. The van der Waals surface area contributed by atoms with E-state index in [-0.39, 0.29) is 5.91 Å². The van der Waals surface area contributed by atoms with Gasteiger partial charge < -0.3 is 14.7 Å². The van der Waals surface area contributed by atoms with E-state index in [9.17, 15) is 14.7 Å². The fourth-order valence-electron chi connectivity index (χ4n) is 3.56. The highest BCUT2D eigenvalue weighted by Crippen LogP contribution is 2.33. The normalized spacial score (nSPS) is 16.4. The molecule has 1 amide bonds. The van der Waals surface area contributed by atoms with Crippen molar-refractivity contribution in [3.8, 4) is 5.75 Å². The quantitative estimate of drug-likeness (QED) is 0.645. The maximum absolute atomic E-state index is 12.1. The maximum atomic E-state index is 12.1. The summed E-state index contributed by atoms with van der Waals surface area (Å²) in [6, 6.07) is 11.6. The van der Waals surface area contributed by atoms with Crippen LogP contribution >= 0.6 is 11.8 Å². The van der Waals surface area contributed by atoms with E-state index in [2.05, 4.69) is 0 Å². The lowest BCUT2D eigenvalue weighted by atomic mass is 9.79. The first-order chi connectivity index (χ1) is 13.4. The minimum absolute atomic E-state index is 0.240. The molecule has 150 valence electrons. The number of carboxylic acid groups (broad SMARTS) is 1. The molecule has 0 radical (unpaired) electrons. The average Bonchev–Trinajstić information content (AvgIpc) is 3.11. The van der Waals surface area contributed by atoms with E-state index < -0.39 is 11.4 Å². The number of carboxylic acids is 1. The third-order valence-corrected chi connectivity index (χ3v) is 6.54. The molecule has 1 aliphatic heterocycles. The second-order valence-corrected chi connectivity index (χ2v) is 8.64. The van der Waals surface area contributed by atoms with Gasteiger partial charge in [0, 0.05) is 25.3 Å². The minimum Gasteiger partial charge on any atom is -0.497 e. The Morgan fingerprint density at radius 1 is 1.21 bits per heavy atom. The highest BCUT2D eigenvalue weighted by molar-refractivity contribution is 7.99. The van der Waals surface area contributed by atoms with Gasteiger partial charge in [-0.1, -0.05) is 24.3 Å². The smallest absolute Gasteiger partial charge is 0.313 e. The van der Waals surface area contributed by atoms with Gasteiger partial charge in [-0.3, -0.25) is 9.59 Å². The molecule has 1 heterocycles. The largest absolute Gasteiger partial charge is 0.497 e. The molecule has 0 aliphatic carbocycles. The van der Waals surface area contributed by atoms with Gasteiger partial charge in [-0.25, -0.2) is 0 Å². The molecule has 0 spiro atoms. The molecular weight excluding hydrogens is 374 g/mol. The van der Waals surface area contributed by atoms with Crippen LogP contribution in [-0.4, -0.2) is 53.6 Å². The number of rotatable bonds is 9. The molecule has 2 aromatic rings. The lowest BCUT2D eigenvalue weighted by Gasteiger charge is -2.26. The van der Waals surface area contributed by atoms with Crippen LogP contribution in [0.5, 0.6) is 5.75 Å². The number of aliphatic carboxylic acids is 1. The van der Waals surface area contributed by atoms with Crippen LogP contribution < -0.4 is 4.74 Å². The lowest BCUT2D eigenvalue weighted by molar-refractivity contribution is -0.143. The number of hydrogen-bond acceptors (Lipinski definition) is 4.